The lowest BCUT2D eigenvalue weighted by Gasteiger charge is -2.21. The van der Waals surface area contributed by atoms with Crippen LogP contribution in [0, 0.1) is 17.6 Å². The molecule has 0 bridgehead atoms. The summed E-state index contributed by atoms with van der Waals surface area (Å²) in [5, 5.41) is 8.35. The summed E-state index contributed by atoms with van der Waals surface area (Å²) in [6.45, 7) is 1.74. The van der Waals surface area contributed by atoms with Crippen molar-refractivity contribution in [1.82, 2.24) is 24.6 Å². The van der Waals surface area contributed by atoms with Gasteiger partial charge in [-0.15, -0.1) is 0 Å². The predicted octanol–water partition coefficient (Wildman–Crippen LogP) is 5.31. The molecule has 0 atom stereocenters. The molecule has 2 heterocycles. The summed E-state index contributed by atoms with van der Waals surface area (Å²) < 4.78 is 37.2. The number of aromatic nitrogens is 4. The van der Waals surface area contributed by atoms with Crippen LogP contribution in [-0.2, 0) is 13.1 Å². The highest BCUT2D eigenvalue weighted by molar-refractivity contribution is 6.01. The summed E-state index contributed by atoms with van der Waals surface area (Å²) in [6, 6.07) is 6.43. The number of carbonyl (C=O) groups excluding carboxylic acids is 1. The van der Waals surface area contributed by atoms with Gasteiger partial charge in [-0.1, -0.05) is 19.3 Å². The molecule has 7 nitrogen and oxygen atoms in total. The summed E-state index contributed by atoms with van der Waals surface area (Å²) in [7, 11) is 0. The number of hydrogen-bond acceptors (Lipinski definition) is 4. The van der Waals surface area contributed by atoms with Crippen LogP contribution in [0.15, 0.2) is 55.2 Å². The molecule has 1 aliphatic carbocycles. The van der Waals surface area contributed by atoms with Crippen LogP contribution in [0.3, 0.4) is 0 Å². The number of halogens is 2. The van der Waals surface area contributed by atoms with E-state index in [1.807, 2.05) is 21.6 Å². The Morgan fingerprint density at radius 1 is 1.11 bits per heavy atom. The number of nitrogens with zero attached hydrogens (tertiary/aromatic N) is 4. The van der Waals surface area contributed by atoms with Gasteiger partial charge in [0.05, 0.1) is 17.4 Å². The van der Waals surface area contributed by atoms with E-state index in [-0.39, 0.29) is 23.0 Å². The van der Waals surface area contributed by atoms with Crippen molar-refractivity contribution in [2.45, 2.75) is 45.2 Å². The van der Waals surface area contributed by atoms with E-state index in [0.717, 1.165) is 24.1 Å². The van der Waals surface area contributed by atoms with Crippen LogP contribution in [-0.4, -0.2) is 31.8 Å². The third kappa shape index (κ3) is 5.50. The quantitative estimate of drug-likeness (QED) is 0.372. The van der Waals surface area contributed by atoms with Crippen molar-refractivity contribution >= 4 is 16.8 Å². The normalized spacial score (nSPS) is 14.3. The second-order valence-electron chi connectivity index (χ2n) is 9.00. The number of nitrogens with one attached hydrogen (secondary N) is 1. The van der Waals surface area contributed by atoms with Crippen molar-refractivity contribution in [2.75, 3.05) is 6.54 Å². The Hall–Kier alpha value is -3.75. The number of ether oxygens (including phenoxy) is 1. The summed E-state index contributed by atoms with van der Waals surface area (Å²) in [5.74, 6) is -1.30. The lowest BCUT2D eigenvalue weighted by molar-refractivity contribution is 0.0950. The number of carbonyl (C=O) groups is 1. The Morgan fingerprint density at radius 3 is 2.74 bits per heavy atom. The van der Waals surface area contributed by atoms with Crippen molar-refractivity contribution in [1.29, 1.82) is 0 Å². The molecule has 4 aromatic rings. The van der Waals surface area contributed by atoms with Crippen molar-refractivity contribution in [2.24, 2.45) is 5.92 Å². The maximum absolute atomic E-state index is 14.3. The Labute approximate surface area is 201 Å². The molecule has 5 rings (SSSR count). The van der Waals surface area contributed by atoms with Crippen molar-refractivity contribution in [3.63, 3.8) is 0 Å². The summed E-state index contributed by atoms with van der Waals surface area (Å²) in [4.78, 5) is 17.1. The van der Waals surface area contributed by atoms with E-state index in [1.165, 1.54) is 38.2 Å². The molecule has 2 aromatic carbocycles. The zero-order valence-corrected chi connectivity index (χ0v) is 19.3. The van der Waals surface area contributed by atoms with Gasteiger partial charge in [-0.2, -0.15) is 5.10 Å². The highest BCUT2D eigenvalue weighted by Crippen LogP contribution is 2.32. The number of amides is 1. The molecule has 0 radical (unpaired) electrons. The minimum Gasteiger partial charge on any atom is -0.453 e. The van der Waals surface area contributed by atoms with E-state index in [4.69, 9.17) is 9.84 Å². The third-order valence-corrected chi connectivity index (χ3v) is 6.40. The summed E-state index contributed by atoms with van der Waals surface area (Å²) in [6.07, 6.45) is 13.2. The zero-order chi connectivity index (χ0) is 24.2. The third-order valence-electron chi connectivity index (χ3n) is 6.40. The molecule has 0 aliphatic heterocycles. The second-order valence-corrected chi connectivity index (χ2v) is 9.00. The lowest BCUT2D eigenvalue weighted by Crippen LogP contribution is -2.27. The van der Waals surface area contributed by atoms with Crippen LogP contribution in [0.25, 0.3) is 10.9 Å². The Bertz CT molecular complexity index is 1310. The van der Waals surface area contributed by atoms with Crippen LogP contribution in [0.2, 0.25) is 0 Å². The molecule has 0 spiro atoms. The van der Waals surface area contributed by atoms with E-state index >= 15 is 0 Å². The molecule has 182 valence electrons. The smallest absolute Gasteiger partial charge is 0.255 e. The molecular formula is C26H27F2N5O2. The second kappa shape index (κ2) is 10.2. The summed E-state index contributed by atoms with van der Waals surface area (Å²) in [5.41, 5.74) is 0.891. The van der Waals surface area contributed by atoms with Gasteiger partial charge in [0.2, 0.25) is 0 Å². The van der Waals surface area contributed by atoms with Crippen LogP contribution < -0.4 is 10.1 Å². The highest BCUT2D eigenvalue weighted by atomic mass is 19.1. The van der Waals surface area contributed by atoms with Gasteiger partial charge in [0, 0.05) is 49.7 Å². The first-order valence-electron chi connectivity index (χ1n) is 11.9. The van der Waals surface area contributed by atoms with E-state index < -0.39 is 11.6 Å². The fraction of sp³-hybridized carbons (Fsp3) is 0.346. The minimum atomic E-state index is -0.843. The molecule has 0 saturated heterocycles. The Kier molecular flexibility index (Phi) is 6.74. The van der Waals surface area contributed by atoms with Gasteiger partial charge < -0.3 is 14.6 Å². The maximum atomic E-state index is 14.3. The molecule has 9 heteroatoms. The van der Waals surface area contributed by atoms with Gasteiger partial charge in [-0.05, 0) is 43.0 Å². The van der Waals surface area contributed by atoms with Crippen LogP contribution in [0.4, 0.5) is 8.78 Å². The first-order chi connectivity index (χ1) is 17.0. The molecule has 2 aromatic heterocycles. The first-order valence-corrected chi connectivity index (χ1v) is 11.9. The monoisotopic (exact) mass is 479 g/mol. The molecule has 1 N–H and O–H groups in total. The SMILES string of the molecule is O=C(NCCn1ccnc1)c1cc2nn(CC3CCCCC3)cc2cc1Oc1ccc(F)cc1F. The first kappa shape index (κ1) is 23.0. The van der Waals surface area contributed by atoms with E-state index in [9.17, 15) is 13.6 Å². The van der Waals surface area contributed by atoms with Gasteiger partial charge in [0.15, 0.2) is 11.6 Å². The minimum absolute atomic E-state index is 0.159. The molecule has 1 amide bonds. The van der Waals surface area contributed by atoms with E-state index in [2.05, 4.69) is 10.3 Å². The van der Waals surface area contributed by atoms with E-state index in [0.29, 0.717) is 24.5 Å². The topological polar surface area (TPSA) is 74.0 Å². The van der Waals surface area contributed by atoms with Crippen LogP contribution in [0.5, 0.6) is 11.5 Å². The Morgan fingerprint density at radius 2 is 1.97 bits per heavy atom. The van der Waals surface area contributed by atoms with Crippen LogP contribution >= 0.6 is 0 Å². The lowest BCUT2D eigenvalue weighted by atomic mass is 9.89. The van der Waals surface area contributed by atoms with Gasteiger partial charge in [0.1, 0.15) is 11.6 Å². The van der Waals surface area contributed by atoms with Gasteiger partial charge in [-0.3, -0.25) is 9.48 Å². The fourth-order valence-corrected chi connectivity index (χ4v) is 4.58. The Balaban J connectivity index is 1.42. The standard InChI is InChI=1S/C26H27F2N5O2/c27-20-6-7-24(22(28)13-20)35-25-12-19-16-33(15-18-4-2-1-3-5-18)31-23(19)14-21(25)26(34)30-9-11-32-10-8-29-17-32/h6-8,10,12-14,16-18H,1-5,9,11,15H2,(H,30,34). The van der Waals surface area contributed by atoms with Gasteiger partial charge in [-0.25, -0.2) is 13.8 Å². The maximum Gasteiger partial charge on any atom is 0.255 e. The highest BCUT2D eigenvalue weighted by Gasteiger charge is 2.19. The number of imidazole rings is 1. The molecule has 0 unspecified atom stereocenters. The zero-order valence-electron chi connectivity index (χ0n) is 19.3. The van der Waals surface area contributed by atoms with Crippen molar-refractivity contribution < 1.29 is 18.3 Å². The molecular weight excluding hydrogens is 452 g/mol. The summed E-state index contributed by atoms with van der Waals surface area (Å²) >= 11 is 0. The average molecular weight is 480 g/mol. The average Bonchev–Trinajstić information content (AvgIpc) is 3.50. The molecule has 1 saturated carbocycles. The van der Waals surface area contributed by atoms with Gasteiger partial charge >= 0.3 is 0 Å². The molecule has 35 heavy (non-hydrogen) atoms. The van der Waals surface area contributed by atoms with Gasteiger partial charge in [0.25, 0.3) is 5.91 Å². The largest absolute Gasteiger partial charge is 0.453 e. The number of benzene rings is 2. The van der Waals surface area contributed by atoms with E-state index in [1.54, 1.807) is 24.7 Å². The molecule has 1 fully saturated rings. The predicted molar refractivity (Wildman–Crippen MR) is 127 cm³/mol. The fourth-order valence-electron chi connectivity index (χ4n) is 4.58. The van der Waals surface area contributed by atoms with Crippen LogP contribution in [0.1, 0.15) is 42.5 Å². The number of rotatable bonds is 8. The van der Waals surface area contributed by atoms with Crippen molar-refractivity contribution in [3.8, 4) is 11.5 Å². The molecule has 1 aliphatic rings. The number of hydrogen-bond donors (Lipinski definition) is 1. The number of fused-ring (bicyclic) bond motifs is 1. The van der Waals surface area contributed by atoms with Crippen molar-refractivity contribution in [3.05, 3.63) is 72.4 Å².